The SMILES string of the molecule is Cc1ccccc1-c1noc(CN2CCN(CN3C(=O)C(=O)c4cc5c(cc43)OCCO5)CC2)n1. The number of benzene rings is 2. The molecule has 0 bridgehead atoms. The predicted octanol–water partition coefficient (Wildman–Crippen LogP) is 2.12. The van der Waals surface area contributed by atoms with Crippen molar-refractivity contribution in [2.45, 2.75) is 13.5 Å². The summed E-state index contributed by atoms with van der Waals surface area (Å²) < 4.78 is 16.7. The molecule has 10 heteroatoms. The number of ketones is 1. The van der Waals surface area contributed by atoms with Gasteiger partial charge in [-0.1, -0.05) is 29.4 Å². The van der Waals surface area contributed by atoms with Gasteiger partial charge in [0.15, 0.2) is 11.5 Å². The topological polar surface area (TPSA) is 101 Å². The van der Waals surface area contributed by atoms with E-state index < -0.39 is 11.7 Å². The van der Waals surface area contributed by atoms with Gasteiger partial charge in [0.1, 0.15) is 13.2 Å². The van der Waals surface area contributed by atoms with E-state index in [1.807, 2.05) is 31.2 Å². The van der Waals surface area contributed by atoms with Gasteiger partial charge >= 0.3 is 5.91 Å². The van der Waals surface area contributed by atoms with E-state index in [1.165, 1.54) is 4.90 Å². The lowest BCUT2D eigenvalue weighted by molar-refractivity contribution is -0.114. The van der Waals surface area contributed by atoms with Crippen molar-refractivity contribution in [1.82, 2.24) is 19.9 Å². The number of anilines is 1. The first-order valence-electron chi connectivity index (χ1n) is 11.7. The molecule has 0 atom stereocenters. The van der Waals surface area contributed by atoms with Crippen LogP contribution in [0.15, 0.2) is 40.9 Å². The Balaban J connectivity index is 1.08. The molecule has 180 valence electrons. The zero-order valence-electron chi connectivity index (χ0n) is 19.4. The lowest BCUT2D eigenvalue weighted by Gasteiger charge is -2.36. The number of hydrogen-bond donors (Lipinski definition) is 0. The first-order valence-corrected chi connectivity index (χ1v) is 11.7. The molecule has 0 saturated carbocycles. The van der Waals surface area contributed by atoms with Crippen molar-refractivity contribution in [3.63, 3.8) is 0 Å². The summed E-state index contributed by atoms with van der Waals surface area (Å²) in [5.41, 5.74) is 3.03. The minimum absolute atomic E-state index is 0.350. The van der Waals surface area contributed by atoms with E-state index in [4.69, 9.17) is 14.0 Å². The summed E-state index contributed by atoms with van der Waals surface area (Å²) in [6.07, 6.45) is 0. The molecule has 10 nitrogen and oxygen atoms in total. The van der Waals surface area contributed by atoms with Crippen LogP contribution in [0, 0.1) is 6.92 Å². The zero-order chi connectivity index (χ0) is 23.9. The third-order valence-corrected chi connectivity index (χ3v) is 6.65. The second-order valence-electron chi connectivity index (χ2n) is 8.94. The molecule has 0 unspecified atom stereocenters. The van der Waals surface area contributed by atoms with E-state index in [0.717, 1.165) is 37.3 Å². The van der Waals surface area contributed by atoms with Gasteiger partial charge in [-0.3, -0.25) is 24.3 Å². The molecular formula is C25H25N5O5. The first-order chi connectivity index (χ1) is 17.1. The Bertz CT molecular complexity index is 1300. The Morgan fingerprint density at radius 2 is 1.63 bits per heavy atom. The second-order valence-corrected chi connectivity index (χ2v) is 8.94. The minimum Gasteiger partial charge on any atom is -0.486 e. The van der Waals surface area contributed by atoms with Crippen LogP contribution in [0.4, 0.5) is 5.69 Å². The number of amides is 1. The van der Waals surface area contributed by atoms with Crippen LogP contribution in [-0.2, 0) is 11.3 Å². The van der Waals surface area contributed by atoms with Gasteiger partial charge in [0, 0.05) is 37.8 Å². The fourth-order valence-corrected chi connectivity index (χ4v) is 4.70. The van der Waals surface area contributed by atoms with Crippen LogP contribution >= 0.6 is 0 Å². The highest BCUT2D eigenvalue weighted by molar-refractivity contribution is 6.52. The maximum atomic E-state index is 12.7. The molecule has 0 aliphatic carbocycles. The summed E-state index contributed by atoms with van der Waals surface area (Å²) >= 11 is 0. The molecule has 1 aromatic heterocycles. The summed E-state index contributed by atoms with van der Waals surface area (Å²) in [4.78, 5) is 35.8. The van der Waals surface area contributed by atoms with Crippen molar-refractivity contribution < 1.29 is 23.6 Å². The normalized spacial score (nSPS) is 18.3. The largest absolute Gasteiger partial charge is 0.486 e. The second kappa shape index (κ2) is 8.79. The highest BCUT2D eigenvalue weighted by Gasteiger charge is 2.39. The molecule has 3 aromatic rings. The monoisotopic (exact) mass is 475 g/mol. The van der Waals surface area contributed by atoms with E-state index in [2.05, 4.69) is 19.9 Å². The molecule has 0 spiro atoms. The number of ether oxygens (including phenoxy) is 2. The van der Waals surface area contributed by atoms with Crippen molar-refractivity contribution in [3.05, 3.63) is 53.4 Å². The first kappa shape index (κ1) is 21.8. The fourth-order valence-electron chi connectivity index (χ4n) is 4.70. The standard InChI is InChI=1S/C25H25N5O5/c1-16-4-2-3-5-17(16)24-26-22(35-27-24)14-28-6-8-29(9-7-28)15-30-19-13-21-20(33-10-11-34-21)12-18(19)23(31)25(30)32/h2-5,12-13H,6-11,14-15H2,1H3. The Morgan fingerprint density at radius 1 is 0.914 bits per heavy atom. The molecule has 3 aliphatic heterocycles. The highest BCUT2D eigenvalue weighted by Crippen LogP contribution is 2.40. The highest BCUT2D eigenvalue weighted by atomic mass is 16.6. The van der Waals surface area contributed by atoms with Gasteiger partial charge in [0.25, 0.3) is 5.78 Å². The quantitative estimate of drug-likeness (QED) is 0.514. The zero-order valence-corrected chi connectivity index (χ0v) is 19.4. The molecule has 35 heavy (non-hydrogen) atoms. The van der Waals surface area contributed by atoms with Crippen LogP contribution in [0.3, 0.4) is 0 Å². The number of nitrogens with zero attached hydrogens (tertiary/aromatic N) is 5. The number of aryl methyl sites for hydroxylation is 1. The molecule has 1 amide bonds. The minimum atomic E-state index is -0.514. The smallest absolute Gasteiger partial charge is 0.300 e. The van der Waals surface area contributed by atoms with Gasteiger partial charge in [-0.05, 0) is 18.6 Å². The number of fused-ring (bicyclic) bond motifs is 2. The summed E-state index contributed by atoms with van der Waals surface area (Å²) in [5, 5.41) is 4.15. The molecule has 3 aliphatic rings. The van der Waals surface area contributed by atoms with Gasteiger partial charge in [0.2, 0.25) is 11.7 Å². The van der Waals surface area contributed by atoms with Crippen LogP contribution in [0.2, 0.25) is 0 Å². The van der Waals surface area contributed by atoms with Crippen molar-refractivity contribution in [2.24, 2.45) is 0 Å². The molecular weight excluding hydrogens is 450 g/mol. The molecule has 2 aromatic carbocycles. The van der Waals surface area contributed by atoms with Crippen molar-refractivity contribution in [2.75, 3.05) is 51.0 Å². The van der Waals surface area contributed by atoms with E-state index in [9.17, 15) is 9.59 Å². The Hall–Kier alpha value is -3.76. The number of piperazine rings is 1. The average molecular weight is 476 g/mol. The van der Waals surface area contributed by atoms with Gasteiger partial charge in [-0.2, -0.15) is 4.98 Å². The van der Waals surface area contributed by atoms with Gasteiger partial charge in [-0.25, -0.2) is 0 Å². The van der Waals surface area contributed by atoms with E-state index in [0.29, 0.717) is 60.9 Å². The molecule has 1 saturated heterocycles. The fraction of sp³-hybridized carbons (Fsp3) is 0.360. The van der Waals surface area contributed by atoms with Gasteiger partial charge in [-0.15, -0.1) is 0 Å². The maximum absolute atomic E-state index is 12.7. The Labute approximate surface area is 202 Å². The summed E-state index contributed by atoms with van der Waals surface area (Å²) in [7, 11) is 0. The third kappa shape index (κ3) is 4.04. The lowest BCUT2D eigenvalue weighted by Crippen LogP contribution is -2.50. The number of hydrogen-bond acceptors (Lipinski definition) is 9. The molecule has 4 heterocycles. The number of aromatic nitrogens is 2. The molecule has 1 fully saturated rings. The lowest BCUT2D eigenvalue weighted by atomic mass is 10.1. The molecule has 0 N–H and O–H groups in total. The number of carbonyl (C=O) groups excluding carboxylic acids is 2. The maximum Gasteiger partial charge on any atom is 0.300 e. The van der Waals surface area contributed by atoms with Crippen molar-refractivity contribution in [1.29, 1.82) is 0 Å². The predicted molar refractivity (Wildman–Crippen MR) is 125 cm³/mol. The Morgan fingerprint density at radius 3 is 2.40 bits per heavy atom. The number of rotatable bonds is 5. The van der Waals surface area contributed by atoms with Gasteiger partial charge in [0.05, 0.1) is 24.5 Å². The van der Waals surface area contributed by atoms with Crippen LogP contribution in [-0.4, -0.2) is 77.7 Å². The van der Waals surface area contributed by atoms with E-state index in [-0.39, 0.29) is 0 Å². The summed E-state index contributed by atoms with van der Waals surface area (Å²) in [6, 6.07) is 11.3. The van der Waals surface area contributed by atoms with Crippen LogP contribution in [0.1, 0.15) is 21.8 Å². The summed E-state index contributed by atoms with van der Waals surface area (Å²) in [6.45, 7) is 6.88. The van der Waals surface area contributed by atoms with Crippen molar-refractivity contribution >= 4 is 17.4 Å². The number of Topliss-reactive ketones (excluding diaryl/α,β-unsaturated/α-hetero) is 1. The van der Waals surface area contributed by atoms with E-state index >= 15 is 0 Å². The van der Waals surface area contributed by atoms with Crippen molar-refractivity contribution in [3.8, 4) is 22.9 Å². The third-order valence-electron chi connectivity index (χ3n) is 6.65. The molecule has 6 rings (SSSR count). The van der Waals surface area contributed by atoms with Crippen LogP contribution in [0.25, 0.3) is 11.4 Å². The average Bonchev–Trinajstić information content (AvgIpc) is 3.43. The Kier molecular flexibility index (Phi) is 5.46. The van der Waals surface area contributed by atoms with Gasteiger partial charge < -0.3 is 14.0 Å². The number of carbonyl (C=O) groups is 2. The van der Waals surface area contributed by atoms with E-state index in [1.54, 1.807) is 12.1 Å². The van der Waals surface area contributed by atoms with Crippen LogP contribution in [0.5, 0.6) is 11.5 Å². The summed E-state index contributed by atoms with van der Waals surface area (Å²) in [5.74, 6) is 1.24. The van der Waals surface area contributed by atoms with Crippen LogP contribution < -0.4 is 14.4 Å². The molecule has 0 radical (unpaired) electrons.